The largest absolute Gasteiger partial charge is 0.491 e. The van der Waals surface area contributed by atoms with Crippen LogP contribution in [-0.4, -0.2) is 18.3 Å². The Morgan fingerprint density at radius 3 is 2.38 bits per heavy atom. The lowest BCUT2D eigenvalue weighted by molar-refractivity contribution is 0.200. The highest BCUT2D eigenvalue weighted by Gasteiger charge is 2.16. The SMILES string of the molecule is CC(C)c1cc(C2CCCCCCC2)ccc1OCCO. The van der Waals surface area contributed by atoms with Gasteiger partial charge in [0.1, 0.15) is 12.4 Å². The average molecular weight is 290 g/mol. The van der Waals surface area contributed by atoms with Crippen molar-refractivity contribution in [3.05, 3.63) is 29.3 Å². The molecular weight excluding hydrogens is 260 g/mol. The molecule has 1 N–H and O–H groups in total. The van der Waals surface area contributed by atoms with Crippen LogP contribution in [0, 0.1) is 0 Å². The third kappa shape index (κ3) is 4.74. The summed E-state index contributed by atoms with van der Waals surface area (Å²) in [4.78, 5) is 0. The van der Waals surface area contributed by atoms with Crippen LogP contribution in [0.25, 0.3) is 0 Å². The fourth-order valence-corrected chi connectivity index (χ4v) is 3.35. The summed E-state index contributed by atoms with van der Waals surface area (Å²) in [5.41, 5.74) is 2.76. The lowest BCUT2D eigenvalue weighted by atomic mass is 9.84. The minimum Gasteiger partial charge on any atom is -0.491 e. The molecule has 0 spiro atoms. The fourth-order valence-electron chi connectivity index (χ4n) is 3.35. The molecule has 1 fully saturated rings. The molecule has 118 valence electrons. The van der Waals surface area contributed by atoms with Gasteiger partial charge in [-0.05, 0) is 41.9 Å². The lowest BCUT2D eigenvalue weighted by Crippen LogP contribution is -2.07. The molecule has 0 unspecified atom stereocenters. The van der Waals surface area contributed by atoms with Gasteiger partial charge in [-0.1, -0.05) is 58.1 Å². The van der Waals surface area contributed by atoms with Gasteiger partial charge in [0.25, 0.3) is 0 Å². The van der Waals surface area contributed by atoms with Crippen molar-refractivity contribution in [2.45, 2.75) is 70.6 Å². The zero-order chi connectivity index (χ0) is 15.1. The van der Waals surface area contributed by atoms with Gasteiger partial charge in [0, 0.05) is 0 Å². The predicted molar refractivity (Wildman–Crippen MR) is 88.2 cm³/mol. The van der Waals surface area contributed by atoms with E-state index in [1.807, 2.05) is 0 Å². The Morgan fingerprint density at radius 2 is 1.76 bits per heavy atom. The Hall–Kier alpha value is -1.02. The predicted octanol–water partition coefficient (Wildman–Crippen LogP) is 5.01. The second-order valence-corrected chi connectivity index (χ2v) is 6.57. The van der Waals surface area contributed by atoms with Gasteiger partial charge < -0.3 is 9.84 Å². The van der Waals surface area contributed by atoms with E-state index < -0.39 is 0 Å². The van der Waals surface area contributed by atoms with E-state index in [1.165, 1.54) is 56.1 Å². The van der Waals surface area contributed by atoms with Crippen LogP contribution in [0.5, 0.6) is 5.75 Å². The van der Waals surface area contributed by atoms with E-state index in [0.29, 0.717) is 12.5 Å². The molecule has 1 saturated carbocycles. The van der Waals surface area contributed by atoms with E-state index >= 15 is 0 Å². The van der Waals surface area contributed by atoms with Crippen LogP contribution >= 0.6 is 0 Å². The molecule has 0 atom stereocenters. The summed E-state index contributed by atoms with van der Waals surface area (Å²) in [7, 11) is 0. The molecule has 0 bridgehead atoms. The third-order valence-corrected chi connectivity index (χ3v) is 4.58. The van der Waals surface area contributed by atoms with Gasteiger partial charge in [0.15, 0.2) is 0 Å². The van der Waals surface area contributed by atoms with Crippen molar-refractivity contribution < 1.29 is 9.84 Å². The summed E-state index contributed by atoms with van der Waals surface area (Å²) in [6, 6.07) is 6.70. The number of ether oxygens (including phenoxy) is 1. The van der Waals surface area contributed by atoms with E-state index in [1.54, 1.807) is 0 Å². The van der Waals surface area contributed by atoms with Gasteiger partial charge in [0.2, 0.25) is 0 Å². The smallest absolute Gasteiger partial charge is 0.122 e. The Kier molecular flexibility index (Phi) is 6.56. The van der Waals surface area contributed by atoms with Crippen molar-refractivity contribution in [3.8, 4) is 5.75 Å². The van der Waals surface area contributed by atoms with Gasteiger partial charge in [-0.15, -0.1) is 0 Å². The van der Waals surface area contributed by atoms with E-state index in [0.717, 1.165) is 11.7 Å². The quantitative estimate of drug-likeness (QED) is 0.826. The van der Waals surface area contributed by atoms with E-state index in [4.69, 9.17) is 9.84 Å². The Bertz CT molecular complexity index is 418. The maximum Gasteiger partial charge on any atom is 0.122 e. The molecule has 2 rings (SSSR count). The molecule has 2 nitrogen and oxygen atoms in total. The topological polar surface area (TPSA) is 29.5 Å². The first-order valence-corrected chi connectivity index (χ1v) is 8.60. The maximum atomic E-state index is 8.95. The third-order valence-electron chi connectivity index (χ3n) is 4.58. The molecule has 0 radical (unpaired) electrons. The Balaban J connectivity index is 2.17. The molecule has 0 heterocycles. The van der Waals surface area contributed by atoms with Crippen molar-refractivity contribution in [2.75, 3.05) is 13.2 Å². The van der Waals surface area contributed by atoms with Crippen molar-refractivity contribution in [1.82, 2.24) is 0 Å². The second-order valence-electron chi connectivity index (χ2n) is 6.57. The van der Waals surface area contributed by atoms with Gasteiger partial charge in [-0.2, -0.15) is 0 Å². The lowest BCUT2D eigenvalue weighted by Gasteiger charge is -2.22. The molecule has 2 heteroatoms. The molecule has 0 aliphatic heterocycles. The van der Waals surface area contributed by atoms with Crippen LogP contribution in [0.15, 0.2) is 18.2 Å². The molecule has 1 aliphatic carbocycles. The Labute approximate surface area is 129 Å². The number of aliphatic hydroxyl groups excluding tert-OH is 1. The molecular formula is C19H30O2. The van der Waals surface area contributed by atoms with E-state index in [2.05, 4.69) is 32.0 Å². The van der Waals surface area contributed by atoms with E-state index in [-0.39, 0.29) is 6.61 Å². The zero-order valence-corrected chi connectivity index (χ0v) is 13.6. The molecule has 1 aromatic carbocycles. The molecule has 1 aromatic rings. The monoisotopic (exact) mass is 290 g/mol. The van der Waals surface area contributed by atoms with Crippen LogP contribution in [0.1, 0.15) is 81.8 Å². The number of hydrogen-bond acceptors (Lipinski definition) is 2. The normalized spacial score (nSPS) is 17.5. The summed E-state index contributed by atoms with van der Waals surface area (Å²) in [6.45, 7) is 4.87. The number of rotatable bonds is 5. The van der Waals surface area contributed by atoms with Crippen LogP contribution in [0.3, 0.4) is 0 Å². The summed E-state index contributed by atoms with van der Waals surface area (Å²) in [5, 5.41) is 8.95. The summed E-state index contributed by atoms with van der Waals surface area (Å²) >= 11 is 0. The highest BCUT2D eigenvalue weighted by atomic mass is 16.5. The number of aliphatic hydroxyl groups is 1. The first-order chi connectivity index (χ1) is 10.2. The van der Waals surface area contributed by atoms with E-state index in [9.17, 15) is 0 Å². The first kappa shape index (κ1) is 16.4. The minimum atomic E-state index is 0.0713. The maximum absolute atomic E-state index is 8.95. The van der Waals surface area contributed by atoms with Crippen LogP contribution in [0.4, 0.5) is 0 Å². The Morgan fingerprint density at radius 1 is 1.10 bits per heavy atom. The number of benzene rings is 1. The van der Waals surface area contributed by atoms with Crippen LogP contribution < -0.4 is 4.74 Å². The summed E-state index contributed by atoms with van der Waals surface area (Å²) in [6.07, 6.45) is 9.59. The molecule has 1 aliphatic rings. The van der Waals surface area contributed by atoms with Crippen molar-refractivity contribution in [2.24, 2.45) is 0 Å². The van der Waals surface area contributed by atoms with Crippen LogP contribution in [0.2, 0.25) is 0 Å². The van der Waals surface area contributed by atoms with Gasteiger partial charge in [-0.3, -0.25) is 0 Å². The van der Waals surface area contributed by atoms with Crippen molar-refractivity contribution >= 4 is 0 Å². The fraction of sp³-hybridized carbons (Fsp3) is 0.684. The molecule has 0 amide bonds. The van der Waals surface area contributed by atoms with Gasteiger partial charge >= 0.3 is 0 Å². The molecule has 0 aromatic heterocycles. The highest BCUT2D eigenvalue weighted by Crippen LogP contribution is 2.35. The number of hydrogen-bond donors (Lipinski definition) is 1. The van der Waals surface area contributed by atoms with Gasteiger partial charge in [0.05, 0.1) is 6.61 Å². The van der Waals surface area contributed by atoms with Crippen molar-refractivity contribution in [3.63, 3.8) is 0 Å². The first-order valence-electron chi connectivity index (χ1n) is 8.60. The molecule has 21 heavy (non-hydrogen) atoms. The standard InChI is InChI=1S/C19H30O2/c1-15(2)18-14-17(10-11-19(18)21-13-12-20)16-8-6-4-3-5-7-9-16/h10-11,14-16,20H,3-9,12-13H2,1-2H3. The van der Waals surface area contributed by atoms with Gasteiger partial charge in [-0.25, -0.2) is 0 Å². The summed E-state index contributed by atoms with van der Waals surface area (Å²) < 4.78 is 5.68. The van der Waals surface area contributed by atoms with Crippen LogP contribution in [-0.2, 0) is 0 Å². The second kappa shape index (κ2) is 8.43. The summed E-state index contributed by atoms with van der Waals surface area (Å²) in [5.74, 6) is 2.11. The zero-order valence-electron chi connectivity index (χ0n) is 13.6. The highest BCUT2D eigenvalue weighted by molar-refractivity contribution is 5.40. The average Bonchev–Trinajstić information content (AvgIpc) is 2.44. The molecule has 0 saturated heterocycles. The van der Waals surface area contributed by atoms with Crippen molar-refractivity contribution in [1.29, 1.82) is 0 Å². The minimum absolute atomic E-state index is 0.0713.